The van der Waals surface area contributed by atoms with E-state index in [2.05, 4.69) is 0 Å². The molecular weight excluding hydrogens is 180 g/mol. The topological polar surface area (TPSA) is 70.5 Å². The first kappa shape index (κ1) is 10.4. The van der Waals surface area contributed by atoms with E-state index in [0.29, 0.717) is 12.5 Å². The van der Waals surface area contributed by atoms with Crippen LogP contribution in [0.15, 0.2) is 0 Å². The van der Waals surface area contributed by atoms with E-state index in [1.165, 1.54) is 0 Å². The van der Waals surface area contributed by atoms with Gasteiger partial charge in [-0.3, -0.25) is 0 Å². The highest BCUT2D eigenvalue weighted by molar-refractivity contribution is 4.85. The van der Waals surface area contributed by atoms with E-state index in [1.807, 2.05) is 0 Å². The summed E-state index contributed by atoms with van der Waals surface area (Å²) in [6.45, 7) is 1.48. The molecule has 2 rings (SSSR count). The van der Waals surface area contributed by atoms with E-state index in [-0.39, 0.29) is 18.4 Å². The number of hydrogen-bond acceptors (Lipinski definition) is 4. The lowest BCUT2D eigenvalue weighted by Crippen LogP contribution is -2.49. The first-order valence-corrected chi connectivity index (χ1v) is 5.52. The van der Waals surface area contributed by atoms with E-state index < -0.39 is 0 Å². The quantitative estimate of drug-likeness (QED) is 0.634. The Labute approximate surface area is 84.9 Å². The monoisotopic (exact) mass is 200 g/mol. The number of rotatable bonds is 1. The number of nitrogens with two attached hydrogens (primary N) is 2. The van der Waals surface area contributed by atoms with Gasteiger partial charge in [0.05, 0.1) is 12.7 Å². The minimum absolute atomic E-state index is 0.0798. The average molecular weight is 200 g/mol. The summed E-state index contributed by atoms with van der Waals surface area (Å²) in [5, 5.41) is 0. The largest absolute Gasteiger partial charge is 0.380 e. The van der Waals surface area contributed by atoms with Gasteiger partial charge in [-0.05, 0) is 25.7 Å². The molecule has 0 saturated carbocycles. The van der Waals surface area contributed by atoms with Gasteiger partial charge in [0.15, 0.2) is 0 Å². The zero-order valence-corrected chi connectivity index (χ0v) is 8.52. The van der Waals surface area contributed by atoms with Crippen molar-refractivity contribution in [3.8, 4) is 0 Å². The Morgan fingerprint density at radius 1 is 1.07 bits per heavy atom. The van der Waals surface area contributed by atoms with E-state index >= 15 is 0 Å². The Morgan fingerprint density at radius 3 is 2.64 bits per heavy atom. The predicted molar refractivity (Wildman–Crippen MR) is 53.6 cm³/mol. The maximum Gasteiger partial charge on any atom is 0.106 e. The van der Waals surface area contributed by atoms with Crippen LogP contribution >= 0.6 is 0 Å². The van der Waals surface area contributed by atoms with Gasteiger partial charge in [-0.15, -0.1) is 0 Å². The molecule has 2 heterocycles. The molecule has 14 heavy (non-hydrogen) atoms. The molecule has 2 saturated heterocycles. The van der Waals surface area contributed by atoms with Crippen LogP contribution in [-0.2, 0) is 9.47 Å². The summed E-state index contributed by atoms with van der Waals surface area (Å²) in [4.78, 5) is 0. The third kappa shape index (κ3) is 2.25. The average Bonchev–Trinajstić information content (AvgIpc) is 2.18. The van der Waals surface area contributed by atoms with E-state index in [1.54, 1.807) is 0 Å². The van der Waals surface area contributed by atoms with Crippen molar-refractivity contribution in [3.63, 3.8) is 0 Å². The van der Waals surface area contributed by atoms with Crippen molar-refractivity contribution in [2.45, 2.75) is 44.1 Å². The van der Waals surface area contributed by atoms with E-state index in [4.69, 9.17) is 20.9 Å². The summed E-state index contributed by atoms with van der Waals surface area (Å²) < 4.78 is 11.1. The summed E-state index contributed by atoms with van der Waals surface area (Å²) in [7, 11) is 0. The molecule has 0 aliphatic carbocycles. The maximum absolute atomic E-state index is 6.01. The van der Waals surface area contributed by atoms with Crippen LogP contribution in [0.4, 0.5) is 0 Å². The number of hydrogen-bond donors (Lipinski definition) is 2. The molecule has 0 radical (unpaired) electrons. The van der Waals surface area contributed by atoms with Gasteiger partial charge >= 0.3 is 0 Å². The lowest BCUT2D eigenvalue weighted by Gasteiger charge is -2.38. The highest BCUT2D eigenvalue weighted by atomic mass is 16.5. The molecule has 4 heteroatoms. The van der Waals surface area contributed by atoms with Crippen LogP contribution in [0, 0.1) is 5.92 Å². The fourth-order valence-electron chi connectivity index (χ4n) is 2.43. The zero-order chi connectivity index (χ0) is 9.97. The van der Waals surface area contributed by atoms with Gasteiger partial charge in [-0.2, -0.15) is 0 Å². The first-order valence-electron chi connectivity index (χ1n) is 5.52. The smallest absolute Gasteiger partial charge is 0.106 e. The second-order valence-corrected chi connectivity index (χ2v) is 4.34. The molecule has 4 nitrogen and oxygen atoms in total. The molecule has 4 N–H and O–H groups in total. The molecule has 0 aromatic heterocycles. The molecule has 2 fully saturated rings. The molecule has 4 atom stereocenters. The van der Waals surface area contributed by atoms with Gasteiger partial charge in [-0.25, -0.2) is 0 Å². The van der Waals surface area contributed by atoms with E-state index in [0.717, 1.165) is 32.3 Å². The first-order chi connectivity index (χ1) is 6.77. The van der Waals surface area contributed by atoms with Crippen LogP contribution < -0.4 is 11.5 Å². The fraction of sp³-hybridized carbons (Fsp3) is 1.00. The molecule has 0 aromatic carbocycles. The van der Waals surface area contributed by atoms with Crippen molar-refractivity contribution in [3.05, 3.63) is 0 Å². The van der Waals surface area contributed by atoms with Crippen molar-refractivity contribution >= 4 is 0 Å². The van der Waals surface area contributed by atoms with Crippen LogP contribution in [0.5, 0.6) is 0 Å². The Bertz CT molecular complexity index is 189. The summed E-state index contributed by atoms with van der Waals surface area (Å²) >= 11 is 0. The van der Waals surface area contributed by atoms with Crippen molar-refractivity contribution < 1.29 is 9.47 Å². The van der Waals surface area contributed by atoms with Crippen LogP contribution in [0.2, 0.25) is 0 Å². The Morgan fingerprint density at radius 2 is 1.93 bits per heavy atom. The predicted octanol–water partition coefficient (Wildman–Crippen LogP) is 0.204. The van der Waals surface area contributed by atoms with Crippen molar-refractivity contribution in [2.24, 2.45) is 17.4 Å². The Kier molecular flexibility index (Phi) is 3.38. The second-order valence-electron chi connectivity index (χ2n) is 4.34. The van der Waals surface area contributed by atoms with Gasteiger partial charge in [-0.1, -0.05) is 0 Å². The van der Waals surface area contributed by atoms with Crippen molar-refractivity contribution in [1.82, 2.24) is 0 Å². The van der Waals surface area contributed by atoms with Gasteiger partial charge in [0.2, 0.25) is 0 Å². The minimum atomic E-state index is -0.0798. The molecule has 0 amide bonds. The Balaban J connectivity index is 1.91. The van der Waals surface area contributed by atoms with Gasteiger partial charge in [0, 0.05) is 18.6 Å². The molecule has 2 aliphatic rings. The van der Waals surface area contributed by atoms with Crippen LogP contribution in [-0.4, -0.2) is 31.6 Å². The lowest BCUT2D eigenvalue weighted by atomic mass is 9.86. The van der Waals surface area contributed by atoms with Crippen molar-refractivity contribution in [1.29, 1.82) is 0 Å². The fourth-order valence-corrected chi connectivity index (χ4v) is 2.43. The third-order valence-electron chi connectivity index (χ3n) is 3.26. The normalized spacial score (nSPS) is 45.0. The third-order valence-corrected chi connectivity index (χ3v) is 3.26. The summed E-state index contributed by atoms with van der Waals surface area (Å²) in [5.41, 5.74) is 11.8. The summed E-state index contributed by atoms with van der Waals surface area (Å²) in [5.74, 6) is 0.440. The molecule has 0 aromatic rings. The highest BCUT2D eigenvalue weighted by Crippen LogP contribution is 2.28. The van der Waals surface area contributed by atoms with Crippen LogP contribution in [0.25, 0.3) is 0 Å². The summed E-state index contributed by atoms with van der Waals surface area (Å²) in [6.07, 6.45) is 4.44. The highest BCUT2D eigenvalue weighted by Gasteiger charge is 2.33. The SMILES string of the molecule is NC1CCCC(C2CCOCC2N)O1. The van der Waals surface area contributed by atoms with Gasteiger partial charge < -0.3 is 20.9 Å². The molecule has 4 unspecified atom stereocenters. The van der Waals surface area contributed by atoms with Gasteiger partial charge in [0.1, 0.15) is 6.23 Å². The summed E-state index contributed by atoms with van der Waals surface area (Å²) in [6, 6.07) is 0.124. The van der Waals surface area contributed by atoms with Crippen LogP contribution in [0.1, 0.15) is 25.7 Å². The van der Waals surface area contributed by atoms with Crippen molar-refractivity contribution in [2.75, 3.05) is 13.2 Å². The second kappa shape index (κ2) is 4.57. The Hall–Kier alpha value is -0.160. The zero-order valence-electron chi connectivity index (χ0n) is 8.52. The molecule has 0 spiro atoms. The van der Waals surface area contributed by atoms with Crippen LogP contribution in [0.3, 0.4) is 0 Å². The molecule has 2 aliphatic heterocycles. The van der Waals surface area contributed by atoms with E-state index in [9.17, 15) is 0 Å². The minimum Gasteiger partial charge on any atom is -0.380 e. The number of ether oxygens (including phenoxy) is 2. The lowest BCUT2D eigenvalue weighted by molar-refractivity contribution is -0.101. The standard InChI is InChI=1S/C10H20N2O2/c11-8-6-13-5-4-7(8)9-2-1-3-10(12)14-9/h7-10H,1-6,11-12H2. The van der Waals surface area contributed by atoms with Gasteiger partial charge in [0.25, 0.3) is 0 Å². The molecule has 0 bridgehead atoms. The molecular formula is C10H20N2O2. The molecule has 82 valence electrons. The maximum atomic E-state index is 6.01.